The molecule has 0 aliphatic carbocycles. The van der Waals surface area contributed by atoms with Gasteiger partial charge in [-0.2, -0.15) is 0 Å². The molecule has 2 heterocycles. The third-order valence-corrected chi connectivity index (χ3v) is 6.41. The Morgan fingerprint density at radius 2 is 1.09 bits per heavy atom. The number of hydrogen-bond donors (Lipinski definition) is 0. The molecular weight excluding hydrogens is 412 g/mol. The van der Waals surface area contributed by atoms with Crippen molar-refractivity contribution in [1.29, 1.82) is 0 Å². The lowest BCUT2D eigenvalue weighted by Gasteiger charge is -2.16. The minimum atomic E-state index is 0.449. The minimum absolute atomic E-state index is 0.449. The Kier molecular flexibility index (Phi) is 8.39. The summed E-state index contributed by atoms with van der Waals surface area (Å²) in [5.41, 5.74) is 12.4. The summed E-state index contributed by atoms with van der Waals surface area (Å²) in [5, 5.41) is 0. The number of aryl methyl sites for hydroxylation is 2. The molecule has 0 atom stereocenters. The Balaban J connectivity index is 0.000000192. The monoisotopic (exact) mass is 450 g/mol. The molecule has 0 N–H and O–H groups in total. The molecule has 0 radical (unpaired) electrons. The van der Waals surface area contributed by atoms with Crippen LogP contribution < -0.4 is 0 Å². The zero-order valence-corrected chi connectivity index (χ0v) is 22.0. The largest absolute Gasteiger partial charge is 0.251 e. The zero-order valence-electron chi connectivity index (χ0n) is 22.0. The Morgan fingerprint density at radius 1 is 0.529 bits per heavy atom. The van der Waals surface area contributed by atoms with Crippen LogP contribution in [-0.2, 0) is 0 Å². The standard InChI is InChI=1S/C18H22.C14H16N2/c1-12(2)16-9-7-11-18(15(16)5)17-10-6-8-13(3)14(17)4;1-10(2)12-7-5-9-14(16-12)13-8-4-6-11(3)15-13/h6-12H,1-5H3;4-10H,1-3H3. The Labute approximate surface area is 206 Å². The summed E-state index contributed by atoms with van der Waals surface area (Å²) in [6, 6.07) is 25.3. The van der Waals surface area contributed by atoms with Gasteiger partial charge < -0.3 is 0 Å². The topological polar surface area (TPSA) is 25.8 Å². The van der Waals surface area contributed by atoms with Gasteiger partial charge in [0.05, 0.1) is 11.4 Å². The molecule has 0 amide bonds. The molecular formula is C32H38N2. The maximum absolute atomic E-state index is 4.62. The van der Waals surface area contributed by atoms with Crippen LogP contribution in [0.25, 0.3) is 22.5 Å². The summed E-state index contributed by atoms with van der Waals surface area (Å²) >= 11 is 0. The van der Waals surface area contributed by atoms with E-state index in [1.54, 1.807) is 0 Å². The molecule has 4 aromatic rings. The van der Waals surface area contributed by atoms with E-state index in [1.807, 2.05) is 37.3 Å². The molecule has 34 heavy (non-hydrogen) atoms. The molecule has 0 aliphatic heterocycles. The van der Waals surface area contributed by atoms with Gasteiger partial charge in [0.25, 0.3) is 0 Å². The second kappa shape index (κ2) is 11.2. The van der Waals surface area contributed by atoms with Gasteiger partial charge >= 0.3 is 0 Å². The van der Waals surface area contributed by atoms with Crippen LogP contribution in [0.3, 0.4) is 0 Å². The van der Waals surface area contributed by atoms with Gasteiger partial charge in [0.1, 0.15) is 0 Å². The van der Waals surface area contributed by atoms with Crippen LogP contribution in [0.5, 0.6) is 0 Å². The zero-order chi connectivity index (χ0) is 24.8. The smallest absolute Gasteiger partial charge is 0.0889 e. The third-order valence-electron chi connectivity index (χ3n) is 6.41. The van der Waals surface area contributed by atoms with Gasteiger partial charge in [-0.25, -0.2) is 0 Å². The molecule has 2 aromatic carbocycles. The number of pyridine rings is 2. The van der Waals surface area contributed by atoms with Gasteiger partial charge in [-0.05, 0) is 97.2 Å². The van der Waals surface area contributed by atoms with Crippen molar-refractivity contribution in [2.24, 2.45) is 0 Å². The van der Waals surface area contributed by atoms with Gasteiger partial charge in [0.15, 0.2) is 0 Å². The molecule has 0 bridgehead atoms. The highest BCUT2D eigenvalue weighted by Gasteiger charge is 2.11. The second-order valence-corrected chi connectivity index (χ2v) is 9.69. The van der Waals surface area contributed by atoms with Crippen LogP contribution in [0.2, 0.25) is 0 Å². The lowest BCUT2D eigenvalue weighted by Crippen LogP contribution is -1.96. The predicted octanol–water partition coefficient (Wildman–Crippen LogP) is 8.98. The van der Waals surface area contributed by atoms with E-state index in [9.17, 15) is 0 Å². The highest BCUT2D eigenvalue weighted by Crippen LogP contribution is 2.32. The molecule has 0 spiro atoms. The number of rotatable bonds is 4. The first-order chi connectivity index (χ1) is 16.2. The molecule has 0 fully saturated rings. The van der Waals surface area contributed by atoms with Crippen molar-refractivity contribution < 1.29 is 0 Å². The van der Waals surface area contributed by atoms with E-state index in [0.717, 1.165) is 22.8 Å². The maximum atomic E-state index is 4.62. The van der Waals surface area contributed by atoms with E-state index >= 15 is 0 Å². The highest BCUT2D eigenvalue weighted by molar-refractivity contribution is 5.72. The normalized spacial score (nSPS) is 10.9. The summed E-state index contributed by atoms with van der Waals surface area (Å²) in [6.07, 6.45) is 0. The first-order valence-electron chi connectivity index (χ1n) is 12.3. The van der Waals surface area contributed by atoms with Gasteiger partial charge in [0.2, 0.25) is 0 Å². The summed E-state index contributed by atoms with van der Waals surface area (Å²) < 4.78 is 0. The number of nitrogens with zero attached hydrogens (tertiary/aromatic N) is 2. The third kappa shape index (κ3) is 5.99. The fraction of sp³-hybridized carbons (Fsp3) is 0.312. The molecule has 0 saturated heterocycles. The number of aromatic nitrogens is 2. The van der Waals surface area contributed by atoms with E-state index in [0.29, 0.717) is 11.8 Å². The van der Waals surface area contributed by atoms with Crippen molar-refractivity contribution in [3.05, 3.63) is 106 Å². The summed E-state index contributed by atoms with van der Waals surface area (Å²) in [6.45, 7) is 17.4. The molecule has 0 unspecified atom stereocenters. The quantitative estimate of drug-likeness (QED) is 0.310. The van der Waals surface area contributed by atoms with Crippen LogP contribution in [-0.4, -0.2) is 9.97 Å². The summed E-state index contributed by atoms with van der Waals surface area (Å²) in [4.78, 5) is 9.10. The average Bonchev–Trinajstić information content (AvgIpc) is 2.81. The van der Waals surface area contributed by atoms with Crippen molar-refractivity contribution in [3.63, 3.8) is 0 Å². The van der Waals surface area contributed by atoms with Gasteiger partial charge in [-0.3, -0.25) is 9.97 Å². The van der Waals surface area contributed by atoms with Gasteiger partial charge in [-0.1, -0.05) is 76.2 Å². The Bertz CT molecular complexity index is 1250. The second-order valence-electron chi connectivity index (χ2n) is 9.69. The van der Waals surface area contributed by atoms with E-state index in [1.165, 1.54) is 33.4 Å². The summed E-state index contributed by atoms with van der Waals surface area (Å²) in [7, 11) is 0. The lowest BCUT2D eigenvalue weighted by molar-refractivity contribution is 0.824. The molecule has 4 rings (SSSR count). The van der Waals surface area contributed by atoms with Crippen molar-refractivity contribution in [1.82, 2.24) is 9.97 Å². The number of hydrogen-bond acceptors (Lipinski definition) is 2. The van der Waals surface area contributed by atoms with Gasteiger partial charge in [-0.15, -0.1) is 0 Å². The Morgan fingerprint density at radius 3 is 1.71 bits per heavy atom. The molecule has 2 heteroatoms. The number of benzene rings is 2. The minimum Gasteiger partial charge on any atom is -0.251 e. The fourth-order valence-corrected chi connectivity index (χ4v) is 4.22. The van der Waals surface area contributed by atoms with Crippen molar-refractivity contribution in [2.45, 2.75) is 67.2 Å². The first kappa shape index (κ1) is 25.4. The van der Waals surface area contributed by atoms with Crippen molar-refractivity contribution in [3.8, 4) is 22.5 Å². The van der Waals surface area contributed by atoms with Crippen LogP contribution in [0.1, 0.15) is 73.2 Å². The molecule has 176 valence electrons. The van der Waals surface area contributed by atoms with Crippen molar-refractivity contribution >= 4 is 0 Å². The predicted molar refractivity (Wildman–Crippen MR) is 146 cm³/mol. The maximum Gasteiger partial charge on any atom is 0.0889 e. The van der Waals surface area contributed by atoms with Crippen LogP contribution in [0.15, 0.2) is 72.8 Å². The highest BCUT2D eigenvalue weighted by atomic mass is 14.8. The van der Waals surface area contributed by atoms with Crippen LogP contribution in [0, 0.1) is 27.7 Å². The van der Waals surface area contributed by atoms with E-state index in [2.05, 4.69) is 101 Å². The molecule has 0 saturated carbocycles. The van der Waals surface area contributed by atoms with Crippen molar-refractivity contribution in [2.75, 3.05) is 0 Å². The van der Waals surface area contributed by atoms with E-state index < -0.39 is 0 Å². The summed E-state index contributed by atoms with van der Waals surface area (Å²) in [5.74, 6) is 1.03. The first-order valence-corrected chi connectivity index (χ1v) is 12.3. The van der Waals surface area contributed by atoms with E-state index in [4.69, 9.17) is 0 Å². The van der Waals surface area contributed by atoms with Crippen LogP contribution in [0.4, 0.5) is 0 Å². The Hall–Kier alpha value is -3.26. The molecule has 0 aliphatic rings. The van der Waals surface area contributed by atoms with Gasteiger partial charge in [0, 0.05) is 11.4 Å². The lowest BCUT2D eigenvalue weighted by atomic mass is 9.89. The van der Waals surface area contributed by atoms with E-state index in [-0.39, 0.29) is 0 Å². The SMILES string of the molecule is Cc1cccc(-c2cccc(C(C)C)c2C)c1C.Cc1cccc(-c2cccc(C(C)C)n2)n1. The molecule has 2 nitrogen and oxygen atoms in total. The fourth-order valence-electron chi connectivity index (χ4n) is 4.22. The molecule has 2 aromatic heterocycles. The average molecular weight is 451 g/mol. The van der Waals surface area contributed by atoms with Crippen LogP contribution >= 0.6 is 0 Å².